The van der Waals surface area contributed by atoms with Gasteiger partial charge in [0.25, 0.3) is 0 Å². The molecule has 0 radical (unpaired) electrons. The highest BCUT2D eigenvalue weighted by Crippen LogP contribution is 1.84. The zero-order valence-corrected chi connectivity index (χ0v) is 8.14. The molecule has 0 aromatic heterocycles. The molecular weight excluding hydrogens is 182 g/mol. The second-order valence-corrected chi connectivity index (χ2v) is 2.99. The molecule has 0 aliphatic rings. The number of hydrogen-bond donors (Lipinski definition) is 1. The molecule has 0 aromatic carbocycles. The van der Waals surface area contributed by atoms with Gasteiger partial charge >= 0.3 is 0 Å². The first-order valence-electron chi connectivity index (χ1n) is 2.85. The van der Waals surface area contributed by atoms with Gasteiger partial charge in [-0.1, -0.05) is 15.9 Å². The molecule has 0 saturated carbocycles. The predicted molar refractivity (Wildman–Crippen MR) is 45.1 cm³/mol. The van der Waals surface area contributed by atoms with Crippen molar-refractivity contribution < 1.29 is 5.11 Å². The number of aliphatic hydroxyl groups excluding tert-OH is 1. The lowest BCUT2D eigenvalue weighted by molar-refractivity contribution is 0.222. The van der Waals surface area contributed by atoms with Crippen LogP contribution < -0.4 is 0 Å². The highest BCUT2D eigenvalue weighted by atomic mass is 79.9. The fraction of sp³-hybridized carbons (Fsp3) is 1.00. The summed E-state index contributed by atoms with van der Waals surface area (Å²) in [5, 5.41) is 8.99. The summed E-state index contributed by atoms with van der Waals surface area (Å²) < 4.78 is 0. The topological polar surface area (TPSA) is 23.5 Å². The van der Waals surface area contributed by atoms with Crippen molar-refractivity contribution in [1.29, 1.82) is 0 Å². The van der Waals surface area contributed by atoms with E-state index in [1.807, 2.05) is 26.0 Å². The molecular formula is C6H16BrNO. The van der Waals surface area contributed by atoms with E-state index in [0.29, 0.717) is 5.33 Å². The van der Waals surface area contributed by atoms with Crippen LogP contribution in [0.3, 0.4) is 0 Å². The molecule has 1 atom stereocenters. The maximum Gasteiger partial charge on any atom is 0.0608 e. The summed E-state index contributed by atoms with van der Waals surface area (Å²) in [6.45, 7) is 1.73. The Morgan fingerprint density at radius 1 is 1.44 bits per heavy atom. The van der Waals surface area contributed by atoms with Crippen molar-refractivity contribution >= 4 is 15.9 Å². The van der Waals surface area contributed by atoms with Gasteiger partial charge in [0.05, 0.1) is 6.10 Å². The minimum Gasteiger partial charge on any atom is -0.393 e. The molecule has 58 valence electrons. The van der Waals surface area contributed by atoms with Gasteiger partial charge < -0.3 is 10.0 Å². The zero-order chi connectivity index (χ0) is 7.86. The smallest absolute Gasteiger partial charge is 0.0608 e. The monoisotopic (exact) mass is 197 g/mol. The van der Waals surface area contributed by atoms with E-state index in [1.54, 1.807) is 6.92 Å². The third kappa shape index (κ3) is 59.7. The summed E-state index contributed by atoms with van der Waals surface area (Å²) in [7, 11) is 6.00. The number of rotatable bonds is 1. The van der Waals surface area contributed by atoms with E-state index in [2.05, 4.69) is 15.9 Å². The van der Waals surface area contributed by atoms with Gasteiger partial charge in [-0.15, -0.1) is 0 Å². The normalized spacial score (nSPS) is 12.3. The lowest BCUT2D eigenvalue weighted by atomic mass is 10.5. The molecule has 0 spiro atoms. The quantitative estimate of drug-likeness (QED) is 0.634. The molecule has 0 heterocycles. The Hall–Kier alpha value is 0.400. The Morgan fingerprint density at radius 2 is 1.56 bits per heavy atom. The van der Waals surface area contributed by atoms with Crippen LogP contribution in [0.1, 0.15) is 6.92 Å². The van der Waals surface area contributed by atoms with Gasteiger partial charge in [-0.2, -0.15) is 0 Å². The third-order valence-corrected chi connectivity index (χ3v) is 1.16. The highest BCUT2D eigenvalue weighted by Gasteiger charge is 1.83. The molecule has 0 amide bonds. The van der Waals surface area contributed by atoms with Crippen molar-refractivity contribution in [3.05, 3.63) is 0 Å². The minimum atomic E-state index is -0.199. The molecule has 0 bridgehead atoms. The van der Waals surface area contributed by atoms with Gasteiger partial charge in [0.2, 0.25) is 0 Å². The summed E-state index contributed by atoms with van der Waals surface area (Å²) in [4.78, 5) is 2.00. The van der Waals surface area contributed by atoms with Crippen LogP contribution in [0, 0.1) is 0 Å². The molecule has 0 rings (SSSR count). The number of nitrogens with zero attached hydrogens (tertiary/aromatic N) is 1. The Labute approximate surface area is 66.0 Å². The lowest BCUT2D eigenvalue weighted by Crippen LogP contribution is -1.99. The molecule has 2 nitrogen and oxygen atoms in total. The van der Waals surface area contributed by atoms with Crippen LogP contribution in [0.2, 0.25) is 0 Å². The van der Waals surface area contributed by atoms with Gasteiger partial charge in [0.1, 0.15) is 0 Å². The Balaban J connectivity index is 0. The first-order valence-corrected chi connectivity index (χ1v) is 3.97. The van der Waals surface area contributed by atoms with E-state index < -0.39 is 0 Å². The second kappa shape index (κ2) is 8.40. The molecule has 0 aliphatic heterocycles. The van der Waals surface area contributed by atoms with Gasteiger partial charge in [-0.05, 0) is 28.1 Å². The summed E-state index contributed by atoms with van der Waals surface area (Å²) >= 11 is 3.06. The van der Waals surface area contributed by atoms with E-state index in [9.17, 15) is 0 Å². The highest BCUT2D eigenvalue weighted by molar-refractivity contribution is 9.09. The van der Waals surface area contributed by atoms with Crippen molar-refractivity contribution in [1.82, 2.24) is 4.90 Å². The SMILES string of the molecule is CN(C)C.C[C@H](O)CBr. The van der Waals surface area contributed by atoms with E-state index in [0.717, 1.165) is 0 Å². The van der Waals surface area contributed by atoms with Crippen molar-refractivity contribution in [3.8, 4) is 0 Å². The maximum atomic E-state index is 8.31. The molecule has 9 heavy (non-hydrogen) atoms. The first-order chi connectivity index (χ1) is 4.00. The molecule has 0 fully saturated rings. The molecule has 0 aromatic rings. The minimum absolute atomic E-state index is 0.199. The average Bonchev–Trinajstić information content (AvgIpc) is 1.65. The first kappa shape index (κ1) is 12.1. The third-order valence-electron chi connectivity index (χ3n) is 0.223. The summed E-state index contributed by atoms with van der Waals surface area (Å²) in [6.07, 6.45) is -0.199. The van der Waals surface area contributed by atoms with Gasteiger partial charge in [0.15, 0.2) is 0 Å². The number of halogens is 1. The molecule has 0 aliphatic carbocycles. The summed E-state index contributed by atoms with van der Waals surface area (Å²) in [6, 6.07) is 0. The van der Waals surface area contributed by atoms with Crippen molar-refractivity contribution in [2.75, 3.05) is 26.5 Å². The Kier molecular flexibility index (Phi) is 11.3. The lowest BCUT2D eigenvalue weighted by Gasteiger charge is -1.90. The number of aliphatic hydroxyl groups is 1. The molecule has 0 unspecified atom stereocenters. The predicted octanol–water partition coefficient (Wildman–Crippen LogP) is 0.940. The van der Waals surface area contributed by atoms with Gasteiger partial charge in [0, 0.05) is 5.33 Å². The maximum absolute atomic E-state index is 8.31. The van der Waals surface area contributed by atoms with Gasteiger partial charge in [-0.25, -0.2) is 0 Å². The van der Waals surface area contributed by atoms with Crippen LogP contribution in [0.15, 0.2) is 0 Å². The van der Waals surface area contributed by atoms with Crippen LogP contribution in [-0.4, -0.2) is 42.6 Å². The largest absolute Gasteiger partial charge is 0.393 e. The fourth-order valence-electron chi connectivity index (χ4n) is 0. The van der Waals surface area contributed by atoms with E-state index >= 15 is 0 Å². The Morgan fingerprint density at radius 3 is 1.56 bits per heavy atom. The molecule has 0 saturated heterocycles. The van der Waals surface area contributed by atoms with E-state index in [1.165, 1.54) is 0 Å². The second-order valence-electron chi connectivity index (χ2n) is 2.34. The van der Waals surface area contributed by atoms with Crippen LogP contribution in [0.25, 0.3) is 0 Å². The number of hydrogen-bond acceptors (Lipinski definition) is 2. The average molecular weight is 198 g/mol. The van der Waals surface area contributed by atoms with Gasteiger partial charge in [-0.3, -0.25) is 0 Å². The van der Waals surface area contributed by atoms with Crippen LogP contribution in [-0.2, 0) is 0 Å². The molecule has 3 heteroatoms. The van der Waals surface area contributed by atoms with E-state index in [4.69, 9.17) is 5.11 Å². The van der Waals surface area contributed by atoms with Crippen molar-refractivity contribution in [2.45, 2.75) is 13.0 Å². The fourth-order valence-corrected chi connectivity index (χ4v) is 0. The number of alkyl halides is 1. The summed E-state index contributed by atoms with van der Waals surface area (Å²) in [5.74, 6) is 0. The molecule has 1 N–H and O–H groups in total. The van der Waals surface area contributed by atoms with Crippen molar-refractivity contribution in [2.24, 2.45) is 0 Å². The Bertz CT molecular complexity index is 45.6. The zero-order valence-electron chi connectivity index (χ0n) is 6.56. The van der Waals surface area contributed by atoms with Crippen molar-refractivity contribution in [3.63, 3.8) is 0 Å². The standard InChI is InChI=1S/C3H7BrO.C3H9N/c1-3(5)2-4;1-4(2)3/h3,5H,2H2,1H3;1-3H3/t3-;/m0./s1. The van der Waals surface area contributed by atoms with Crippen LogP contribution >= 0.6 is 15.9 Å². The summed E-state index contributed by atoms with van der Waals surface area (Å²) in [5.41, 5.74) is 0. The van der Waals surface area contributed by atoms with E-state index in [-0.39, 0.29) is 6.10 Å². The van der Waals surface area contributed by atoms with Crippen LogP contribution in [0.5, 0.6) is 0 Å². The van der Waals surface area contributed by atoms with Crippen LogP contribution in [0.4, 0.5) is 0 Å².